The minimum atomic E-state index is -0.276. The van der Waals surface area contributed by atoms with Crippen LogP contribution in [0.5, 0.6) is 0 Å². The highest BCUT2D eigenvalue weighted by molar-refractivity contribution is 5.89. The monoisotopic (exact) mass is 356 g/mol. The van der Waals surface area contributed by atoms with Gasteiger partial charge in [-0.25, -0.2) is 4.39 Å². The molecule has 0 saturated carbocycles. The molecular weight excluding hydrogens is 335 g/mol. The van der Waals surface area contributed by atoms with Gasteiger partial charge in [-0.2, -0.15) is 15.1 Å². The molecule has 1 aromatic carbocycles. The fourth-order valence-electron chi connectivity index (χ4n) is 3.26. The van der Waals surface area contributed by atoms with Crippen molar-refractivity contribution in [2.45, 2.75) is 26.1 Å². The predicted octanol–water partition coefficient (Wildman–Crippen LogP) is 2.86. The van der Waals surface area contributed by atoms with Gasteiger partial charge in [0.15, 0.2) is 5.65 Å². The summed E-state index contributed by atoms with van der Waals surface area (Å²) in [6.45, 7) is 5.54. The Morgan fingerprint density at radius 2 is 1.81 bits per heavy atom. The van der Waals surface area contributed by atoms with Crippen molar-refractivity contribution in [3.63, 3.8) is 0 Å². The van der Waals surface area contributed by atoms with Crippen molar-refractivity contribution >= 4 is 28.5 Å². The minimum absolute atomic E-state index is 0.109. The van der Waals surface area contributed by atoms with Crippen molar-refractivity contribution in [1.29, 1.82) is 0 Å². The van der Waals surface area contributed by atoms with Gasteiger partial charge in [0.25, 0.3) is 0 Å². The number of aryl methyl sites for hydroxylation is 1. The van der Waals surface area contributed by atoms with Gasteiger partial charge >= 0.3 is 0 Å². The van der Waals surface area contributed by atoms with E-state index >= 15 is 0 Å². The number of morpholine rings is 1. The van der Waals surface area contributed by atoms with Crippen LogP contribution in [0, 0.1) is 5.82 Å². The summed E-state index contributed by atoms with van der Waals surface area (Å²) in [6, 6.07) is 6.18. The number of nitrogens with zero attached hydrogens (tertiary/aromatic N) is 5. The van der Waals surface area contributed by atoms with Gasteiger partial charge < -0.3 is 15.0 Å². The van der Waals surface area contributed by atoms with Crippen molar-refractivity contribution in [2.75, 3.05) is 23.3 Å². The molecule has 1 aliphatic rings. The second-order valence-corrected chi connectivity index (χ2v) is 6.67. The zero-order valence-corrected chi connectivity index (χ0v) is 15.0. The molecule has 4 rings (SSSR count). The third kappa shape index (κ3) is 3.20. The molecule has 2 atom stereocenters. The number of fused-ring (bicyclic) bond motifs is 1. The van der Waals surface area contributed by atoms with Crippen LogP contribution in [0.2, 0.25) is 0 Å². The molecule has 1 N–H and O–H groups in total. The summed E-state index contributed by atoms with van der Waals surface area (Å²) in [5, 5.41) is 8.37. The highest BCUT2D eigenvalue weighted by Gasteiger charge is 2.25. The number of anilines is 3. The van der Waals surface area contributed by atoms with Crippen molar-refractivity contribution in [3.8, 4) is 0 Å². The second kappa shape index (κ2) is 6.53. The van der Waals surface area contributed by atoms with Crippen molar-refractivity contribution in [1.82, 2.24) is 19.7 Å². The first-order valence-corrected chi connectivity index (χ1v) is 8.62. The molecule has 0 amide bonds. The number of hydrogen-bond donors (Lipinski definition) is 1. The molecule has 1 aliphatic heterocycles. The molecule has 0 spiro atoms. The summed E-state index contributed by atoms with van der Waals surface area (Å²) >= 11 is 0. The Hall–Kier alpha value is -2.74. The van der Waals surface area contributed by atoms with E-state index in [0.717, 1.165) is 29.8 Å². The van der Waals surface area contributed by atoms with Crippen LogP contribution in [-0.4, -0.2) is 45.0 Å². The lowest BCUT2D eigenvalue weighted by Crippen LogP contribution is -2.46. The largest absolute Gasteiger partial charge is 0.372 e. The van der Waals surface area contributed by atoms with Crippen LogP contribution in [-0.2, 0) is 11.8 Å². The Balaban J connectivity index is 1.75. The van der Waals surface area contributed by atoms with Crippen molar-refractivity contribution in [3.05, 3.63) is 36.3 Å². The number of halogens is 1. The maximum absolute atomic E-state index is 13.2. The van der Waals surface area contributed by atoms with Crippen LogP contribution in [0.1, 0.15) is 13.8 Å². The molecule has 7 nitrogen and oxygen atoms in total. The maximum Gasteiger partial charge on any atom is 0.229 e. The molecule has 1 saturated heterocycles. The van der Waals surface area contributed by atoms with E-state index in [0.29, 0.717) is 11.8 Å². The van der Waals surface area contributed by atoms with Crippen molar-refractivity contribution in [2.24, 2.45) is 7.05 Å². The average Bonchev–Trinajstić information content (AvgIpc) is 2.97. The molecule has 2 aromatic heterocycles. The van der Waals surface area contributed by atoms with E-state index < -0.39 is 0 Å². The van der Waals surface area contributed by atoms with E-state index in [2.05, 4.69) is 15.3 Å². The lowest BCUT2D eigenvalue weighted by Gasteiger charge is -2.35. The molecule has 0 bridgehead atoms. The van der Waals surface area contributed by atoms with Crippen LogP contribution < -0.4 is 10.2 Å². The number of benzene rings is 1. The second-order valence-electron chi connectivity index (χ2n) is 6.67. The van der Waals surface area contributed by atoms with E-state index in [1.165, 1.54) is 12.1 Å². The Labute approximate surface area is 150 Å². The van der Waals surface area contributed by atoms with Gasteiger partial charge in [-0.15, -0.1) is 0 Å². The molecule has 26 heavy (non-hydrogen) atoms. The fourth-order valence-corrected chi connectivity index (χ4v) is 3.26. The molecule has 3 aromatic rings. The molecule has 0 unspecified atom stereocenters. The molecule has 3 heterocycles. The molecule has 0 aliphatic carbocycles. The Morgan fingerprint density at radius 3 is 2.50 bits per heavy atom. The first-order chi connectivity index (χ1) is 12.5. The van der Waals surface area contributed by atoms with E-state index in [1.54, 1.807) is 23.0 Å². The molecule has 0 radical (unpaired) electrons. The Morgan fingerprint density at radius 1 is 1.12 bits per heavy atom. The van der Waals surface area contributed by atoms with Gasteiger partial charge in [-0.05, 0) is 38.1 Å². The van der Waals surface area contributed by atoms with Crippen LogP contribution in [0.25, 0.3) is 11.0 Å². The highest BCUT2D eigenvalue weighted by atomic mass is 19.1. The Kier molecular flexibility index (Phi) is 4.20. The van der Waals surface area contributed by atoms with Gasteiger partial charge in [0.05, 0.1) is 23.8 Å². The van der Waals surface area contributed by atoms with E-state index in [4.69, 9.17) is 14.7 Å². The smallest absolute Gasteiger partial charge is 0.229 e. The molecule has 1 fully saturated rings. The normalized spacial score (nSPS) is 20.5. The summed E-state index contributed by atoms with van der Waals surface area (Å²) < 4.78 is 20.7. The topological polar surface area (TPSA) is 68.1 Å². The first kappa shape index (κ1) is 16.7. The molecular formula is C18H21FN6O. The lowest BCUT2D eigenvalue weighted by molar-refractivity contribution is -0.00569. The third-order valence-electron chi connectivity index (χ3n) is 4.39. The summed E-state index contributed by atoms with van der Waals surface area (Å²) in [4.78, 5) is 11.6. The molecule has 8 heteroatoms. The van der Waals surface area contributed by atoms with Gasteiger partial charge in [0, 0.05) is 25.8 Å². The minimum Gasteiger partial charge on any atom is -0.372 e. The standard InChI is InChI=1S/C18H21FN6O/c1-11-9-25(10-12(2)26-11)18-22-16(15-8-20-24(3)17(15)23-18)21-14-6-4-13(19)5-7-14/h4-8,11-12H,9-10H2,1-3H3,(H,21,22,23)/t11-,12-/m1/s1. The van der Waals surface area contributed by atoms with Gasteiger partial charge in [0.1, 0.15) is 11.6 Å². The van der Waals surface area contributed by atoms with Crippen LogP contribution in [0.4, 0.5) is 21.8 Å². The number of hydrogen-bond acceptors (Lipinski definition) is 6. The van der Waals surface area contributed by atoms with Gasteiger partial charge in [-0.3, -0.25) is 4.68 Å². The average molecular weight is 356 g/mol. The quantitative estimate of drug-likeness (QED) is 0.778. The zero-order chi connectivity index (χ0) is 18.3. The SMILES string of the molecule is C[C@@H]1CN(c2nc(Nc3ccc(F)cc3)c3cnn(C)c3n2)C[C@@H](C)O1. The van der Waals surface area contributed by atoms with E-state index in [1.807, 2.05) is 20.9 Å². The summed E-state index contributed by atoms with van der Waals surface area (Å²) in [5.74, 6) is 1.01. The summed E-state index contributed by atoms with van der Waals surface area (Å²) in [7, 11) is 1.85. The van der Waals surface area contributed by atoms with Crippen molar-refractivity contribution < 1.29 is 9.13 Å². The van der Waals surface area contributed by atoms with Gasteiger partial charge in [-0.1, -0.05) is 0 Å². The maximum atomic E-state index is 13.2. The molecule has 136 valence electrons. The third-order valence-corrected chi connectivity index (χ3v) is 4.39. The van der Waals surface area contributed by atoms with E-state index in [-0.39, 0.29) is 18.0 Å². The number of ether oxygens (including phenoxy) is 1. The summed E-state index contributed by atoms with van der Waals surface area (Å²) in [6.07, 6.45) is 1.95. The van der Waals surface area contributed by atoms with Gasteiger partial charge in [0.2, 0.25) is 5.95 Å². The number of nitrogens with one attached hydrogen (secondary N) is 1. The lowest BCUT2D eigenvalue weighted by atomic mass is 10.2. The highest BCUT2D eigenvalue weighted by Crippen LogP contribution is 2.27. The fraction of sp³-hybridized carbons (Fsp3) is 0.389. The number of aromatic nitrogens is 4. The zero-order valence-electron chi connectivity index (χ0n) is 15.0. The first-order valence-electron chi connectivity index (χ1n) is 8.62. The van der Waals surface area contributed by atoms with Crippen LogP contribution >= 0.6 is 0 Å². The van der Waals surface area contributed by atoms with E-state index in [9.17, 15) is 4.39 Å². The van der Waals surface area contributed by atoms with Crippen LogP contribution in [0.15, 0.2) is 30.5 Å². The van der Waals surface area contributed by atoms with Crippen LogP contribution in [0.3, 0.4) is 0 Å². The number of rotatable bonds is 3. The Bertz CT molecular complexity index is 915. The summed E-state index contributed by atoms with van der Waals surface area (Å²) in [5.41, 5.74) is 1.50. The predicted molar refractivity (Wildman–Crippen MR) is 98.2 cm³/mol.